The fourth-order valence-corrected chi connectivity index (χ4v) is 4.29. The second kappa shape index (κ2) is 11.0. The number of ether oxygens (including phenoxy) is 3. The molecule has 0 amide bonds. The Labute approximate surface area is 203 Å². The number of hydrogen-bond donors (Lipinski definition) is 1. The molecule has 1 aliphatic heterocycles. The van der Waals surface area contributed by atoms with Crippen molar-refractivity contribution in [3.05, 3.63) is 89.7 Å². The molecule has 35 heavy (non-hydrogen) atoms. The van der Waals surface area contributed by atoms with E-state index >= 15 is 0 Å². The Bertz CT molecular complexity index is 1280. The van der Waals surface area contributed by atoms with E-state index in [0.717, 1.165) is 11.8 Å². The van der Waals surface area contributed by atoms with Crippen molar-refractivity contribution < 1.29 is 37.3 Å². The molecule has 1 unspecified atom stereocenters. The van der Waals surface area contributed by atoms with Crippen LogP contribution >= 0.6 is 0 Å². The molecular formula is C25H25NO8S. The molecule has 0 saturated heterocycles. The first-order valence-corrected chi connectivity index (χ1v) is 12.0. The summed E-state index contributed by atoms with van der Waals surface area (Å²) in [5.74, 6) is -1.02. The lowest BCUT2D eigenvalue weighted by Gasteiger charge is -2.14. The molecule has 3 rings (SSSR count). The van der Waals surface area contributed by atoms with Gasteiger partial charge in [-0.05, 0) is 37.3 Å². The van der Waals surface area contributed by atoms with Crippen LogP contribution in [0.2, 0.25) is 0 Å². The molecule has 1 heterocycles. The predicted octanol–water partition coefficient (Wildman–Crippen LogP) is 2.74. The number of sulfone groups is 1. The molecule has 0 spiro atoms. The Balaban J connectivity index is 1.83. The molecule has 184 valence electrons. The highest BCUT2D eigenvalue weighted by Gasteiger charge is 2.29. The molecule has 2 aromatic rings. The molecule has 0 bridgehead atoms. The van der Waals surface area contributed by atoms with E-state index in [1.54, 1.807) is 30.1 Å². The number of fused-ring (bicyclic) bond motifs is 1. The summed E-state index contributed by atoms with van der Waals surface area (Å²) in [5.41, 5.74) is 0.914. The van der Waals surface area contributed by atoms with Gasteiger partial charge in [-0.1, -0.05) is 36.9 Å². The molecule has 9 nitrogen and oxygen atoms in total. The molecule has 0 saturated carbocycles. The zero-order chi connectivity index (χ0) is 25.6. The number of aliphatic hydroxyl groups excluding tert-OH is 1. The van der Waals surface area contributed by atoms with E-state index < -0.39 is 46.0 Å². The Morgan fingerprint density at radius 3 is 2.29 bits per heavy atom. The zero-order valence-electron chi connectivity index (χ0n) is 19.2. The van der Waals surface area contributed by atoms with E-state index in [9.17, 15) is 23.1 Å². The van der Waals surface area contributed by atoms with Crippen LogP contribution in [0.4, 0.5) is 5.69 Å². The summed E-state index contributed by atoms with van der Waals surface area (Å²) in [6, 6.07) is 14.6. The SMILES string of the molecule is C=C(C)C(=O)OCC(O)COC(=O)/C(=C/C=C1\Oc2ccccc2N1C)S(=O)(=O)c1ccccc1. The first kappa shape index (κ1) is 25.7. The van der Waals surface area contributed by atoms with E-state index in [0.29, 0.717) is 11.6 Å². The summed E-state index contributed by atoms with van der Waals surface area (Å²) in [5, 5.41) is 9.98. The van der Waals surface area contributed by atoms with Gasteiger partial charge in [0.1, 0.15) is 19.3 Å². The third kappa shape index (κ3) is 6.17. The average molecular weight is 500 g/mol. The fourth-order valence-electron chi connectivity index (χ4n) is 2.99. The number of anilines is 1. The minimum atomic E-state index is -4.27. The largest absolute Gasteiger partial charge is 0.459 e. The summed E-state index contributed by atoms with van der Waals surface area (Å²) < 4.78 is 42.0. The van der Waals surface area contributed by atoms with Crippen LogP contribution in [0.15, 0.2) is 94.6 Å². The van der Waals surface area contributed by atoms with Gasteiger partial charge in [-0.15, -0.1) is 0 Å². The highest BCUT2D eigenvalue weighted by molar-refractivity contribution is 7.96. The molecule has 1 aliphatic rings. The van der Waals surface area contributed by atoms with Crippen molar-refractivity contribution in [2.24, 2.45) is 0 Å². The van der Waals surface area contributed by atoms with Crippen molar-refractivity contribution in [2.45, 2.75) is 17.9 Å². The van der Waals surface area contributed by atoms with Gasteiger partial charge in [-0.3, -0.25) is 0 Å². The van der Waals surface area contributed by atoms with Gasteiger partial charge in [0, 0.05) is 18.7 Å². The maximum atomic E-state index is 13.2. The maximum absolute atomic E-state index is 13.2. The second-order valence-electron chi connectivity index (χ2n) is 7.61. The van der Waals surface area contributed by atoms with Crippen molar-refractivity contribution in [1.29, 1.82) is 0 Å². The van der Waals surface area contributed by atoms with Crippen LogP contribution < -0.4 is 9.64 Å². The van der Waals surface area contributed by atoms with Crippen LogP contribution in [0.5, 0.6) is 5.75 Å². The lowest BCUT2D eigenvalue weighted by atomic mass is 10.3. The third-order valence-corrected chi connectivity index (χ3v) is 6.63. The van der Waals surface area contributed by atoms with Crippen molar-refractivity contribution in [3.8, 4) is 5.75 Å². The standard InChI is InChI=1S/C25H25NO8S/c1-17(2)24(28)32-15-18(27)16-33-25(29)22(35(30,31)19-9-5-4-6-10-19)13-14-23-26(3)20-11-7-8-12-21(20)34-23/h4-14,18,27H,1,15-16H2,2-3H3/b22-13-,23-14-. The number of esters is 2. The van der Waals surface area contributed by atoms with Crippen LogP contribution in [-0.2, 0) is 28.9 Å². The molecule has 0 aromatic heterocycles. The van der Waals surface area contributed by atoms with Gasteiger partial charge in [0.15, 0.2) is 16.5 Å². The summed E-state index contributed by atoms with van der Waals surface area (Å²) in [7, 11) is -2.54. The van der Waals surface area contributed by atoms with Gasteiger partial charge in [0.05, 0.1) is 10.6 Å². The van der Waals surface area contributed by atoms with E-state index in [1.165, 1.54) is 37.3 Å². The van der Waals surface area contributed by atoms with Crippen LogP contribution in [0.1, 0.15) is 6.92 Å². The van der Waals surface area contributed by atoms with Gasteiger partial charge >= 0.3 is 11.9 Å². The highest BCUT2D eigenvalue weighted by Crippen LogP contribution is 2.37. The maximum Gasteiger partial charge on any atom is 0.350 e. The van der Waals surface area contributed by atoms with E-state index in [4.69, 9.17) is 14.2 Å². The molecule has 0 aliphatic carbocycles. The number of benzene rings is 2. The Kier molecular flexibility index (Phi) is 8.10. The third-order valence-electron chi connectivity index (χ3n) is 4.86. The predicted molar refractivity (Wildman–Crippen MR) is 128 cm³/mol. The number of hydrogen-bond acceptors (Lipinski definition) is 9. The van der Waals surface area contributed by atoms with Crippen LogP contribution in [0, 0.1) is 0 Å². The number of carbonyl (C=O) groups excluding carboxylic acids is 2. The zero-order valence-corrected chi connectivity index (χ0v) is 20.0. The van der Waals surface area contributed by atoms with Crippen molar-refractivity contribution in [3.63, 3.8) is 0 Å². The minimum absolute atomic E-state index is 0.110. The number of allylic oxidation sites excluding steroid dienone is 2. The summed E-state index contributed by atoms with van der Waals surface area (Å²) in [6.07, 6.45) is 1.08. The van der Waals surface area contributed by atoms with Crippen molar-refractivity contribution >= 4 is 27.5 Å². The number of rotatable bonds is 9. The van der Waals surface area contributed by atoms with Gasteiger partial charge in [0.2, 0.25) is 9.84 Å². The second-order valence-corrected chi connectivity index (χ2v) is 9.53. The summed E-state index contributed by atoms with van der Waals surface area (Å²) in [6.45, 7) is 3.82. The van der Waals surface area contributed by atoms with E-state index in [-0.39, 0.29) is 10.5 Å². The van der Waals surface area contributed by atoms with Crippen LogP contribution in [0.3, 0.4) is 0 Å². The molecular weight excluding hydrogens is 474 g/mol. The molecule has 1 atom stereocenters. The highest BCUT2D eigenvalue weighted by atomic mass is 32.2. The number of aliphatic hydroxyl groups is 1. The van der Waals surface area contributed by atoms with Gasteiger partial charge < -0.3 is 24.2 Å². The van der Waals surface area contributed by atoms with Crippen molar-refractivity contribution in [1.82, 2.24) is 0 Å². The van der Waals surface area contributed by atoms with Gasteiger partial charge in [0.25, 0.3) is 0 Å². The van der Waals surface area contributed by atoms with E-state index in [1.807, 2.05) is 12.1 Å². The monoisotopic (exact) mass is 499 g/mol. The number of nitrogens with zero attached hydrogens (tertiary/aromatic N) is 1. The molecule has 1 N–H and O–H groups in total. The van der Waals surface area contributed by atoms with Crippen LogP contribution in [-0.4, -0.2) is 51.8 Å². The Hall–Kier alpha value is -3.89. The number of para-hydroxylation sites is 2. The Morgan fingerprint density at radius 2 is 1.66 bits per heavy atom. The van der Waals surface area contributed by atoms with Gasteiger partial charge in [-0.25, -0.2) is 18.0 Å². The molecule has 10 heteroatoms. The number of carbonyl (C=O) groups is 2. The average Bonchev–Trinajstić information content (AvgIpc) is 3.17. The topological polar surface area (TPSA) is 119 Å². The Morgan fingerprint density at radius 1 is 1.06 bits per heavy atom. The quantitative estimate of drug-likeness (QED) is 0.410. The summed E-state index contributed by atoms with van der Waals surface area (Å²) in [4.78, 5) is 25.2. The lowest BCUT2D eigenvalue weighted by Crippen LogP contribution is -2.27. The molecule has 0 fully saturated rings. The minimum Gasteiger partial charge on any atom is -0.459 e. The summed E-state index contributed by atoms with van der Waals surface area (Å²) >= 11 is 0. The van der Waals surface area contributed by atoms with Gasteiger partial charge in [-0.2, -0.15) is 0 Å². The first-order chi connectivity index (χ1) is 16.6. The first-order valence-electron chi connectivity index (χ1n) is 10.5. The van der Waals surface area contributed by atoms with Crippen molar-refractivity contribution in [2.75, 3.05) is 25.2 Å². The van der Waals surface area contributed by atoms with E-state index in [2.05, 4.69) is 6.58 Å². The molecule has 0 radical (unpaired) electrons. The lowest BCUT2D eigenvalue weighted by molar-refractivity contribution is -0.147. The smallest absolute Gasteiger partial charge is 0.350 e. The normalized spacial score (nSPS) is 15.2. The van der Waals surface area contributed by atoms with Crippen LogP contribution in [0.25, 0.3) is 0 Å². The molecule has 2 aromatic carbocycles. The fraction of sp³-hybridized carbons (Fsp3) is 0.200.